The van der Waals surface area contributed by atoms with Crippen LogP contribution in [0, 0.1) is 0 Å². The zero-order valence-electron chi connectivity index (χ0n) is 10.2. The maximum absolute atomic E-state index is 4.39. The lowest BCUT2D eigenvalue weighted by Crippen LogP contribution is -2.19. The summed E-state index contributed by atoms with van der Waals surface area (Å²) in [5.41, 5.74) is 0. The number of nitrogens with zero attached hydrogens (tertiary/aromatic N) is 2. The maximum atomic E-state index is 4.39. The van der Waals surface area contributed by atoms with E-state index in [9.17, 15) is 0 Å². The number of rotatable bonds is 7. The van der Waals surface area contributed by atoms with Gasteiger partial charge < -0.3 is 10.6 Å². The molecular formula is C11H20N4S. The van der Waals surface area contributed by atoms with Crippen LogP contribution in [0.1, 0.15) is 20.3 Å². The second kappa shape index (κ2) is 7.33. The van der Waals surface area contributed by atoms with E-state index in [0.717, 1.165) is 24.5 Å². The number of thioether (sulfide) groups is 1. The molecule has 1 heterocycles. The Kier molecular flexibility index (Phi) is 6.00. The van der Waals surface area contributed by atoms with Crippen LogP contribution in [0.5, 0.6) is 0 Å². The molecule has 0 saturated carbocycles. The second-order valence-electron chi connectivity index (χ2n) is 3.69. The molecule has 1 atom stereocenters. The minimum Gasteiger partial charge on any atom is -0.367 e. The molecule has 1 aromatic rings. The Balaban J connectivity index is 2.52. The van der Waals surface area contributed by atoms with Crippen molar-refractivity contribution in [3.63, 3.8) is 0 Å². The van der Waals surface area contributed by atoms with E-state index in [2.05, 4.69) is 40.7 Å². The Labute approximate surface area is 102 Å². The van der Waals surface area contributed by atoms with Gasteiger partial charge in [0.05, 0.1) is 0 Å². The molecule has 0 aliphatic rings. The third kappa shape index (κ3) is 4.70. The van der Waals surface area contributed by atoms with Crippen molar-refractivity contribution in [3.05, 3.63) is 12.3 Å². The minimum absolute atomic E-state index is 0.420. The number of nitrogens with one attached hydrogen (secondary N) is 2. The summed E-state index contributed by atoms with van der Waals surface area (Å²) in [4.78, 5) is 8.55. The molecule has 1 unspecified atom stereocenters. The first-order chi connectivity index (χ1) is 7.76. The molecule has 0 bridgehead atoms. The number of hydrogen-bond acceptors (Lipinski definition) is 5. The number of hydrogen-bond donors (Lipinski definition) is 2. The molecule has 2 N–H and O–H groups in total. The second-order valence-corrected chi connectivity index (χ2v) is 4.60. The molecule has 0 fully saturated rings. The molecule has 0 spiro atoms. The van der Waals surface area contributed by atoms with Crippen molar-refractivity contribution < 1.29 is 0 Å². The highest BCUT2D eigenvalue weighted by Gasteiger charge is 2.03. The van der Waals surface area contributed by atoms with Crippen molar-refractivity contribution >= 4 is 23.5 Å². The van der Waals surface area contributed by atoms with E-state index in [1.165, 1.54) is 0 Å². The van der Waals surface area contributed by atoms with Crippen molar-refractivity contribution in [2.45, 2.75) is 26.3 Å². The lowest BCUT2D eigenvalue weighted by Gasteiger charge is -2.13. The molecule has 0 amide bonds. The smallest absolute Gasteiger partial charge is 0.224 e. The molecule has 0 aliphatic heterocycles. The molecule has 0 saturated heterocycles. The average molecular weight is 240 g/mol. The Morgan fingerprint density at radius 1 is 1.50 bits per heavy atom. The van der Waals surface area contributed by atoms with Gasteiger partial charge in [-0.3, -0.25) is 0 Å². The summed E-state index contributed by atoms with van der Waals surface area (Å²) in [7, 11) is 0. The highest BCUT2D eigenvalue weighted by atomic mass is 32.2. The van der Waals surface area contributed by atoms with Crippen LogP contribution in [0.3, 0.4) is 0 Å². The molecule has 0 aliphatic carbocycles. The summed E-state index contributed by atoms with van der Waals surface area (Å²) in [5.74, 6) is 2.65. The third-order valence-electron chi connectivity index (χ3n) is 2.00. The summed E-state index contributed by atoms with van der Waals surface area (Å²) in [6.45, 7) is 5.18. The Morgan fingerprint density at radius 3 is 3.00 bits per heavy atom. The monoisotopic (exact) mass is 240 g/mol. The Bertz CT molecular complexity index is 306. The summed E-state index contributed by atoms with van der Waals surface area (Å²) in [6, 6.07) is 2.32. The normalized spacial score (nSPS) is 12.2. The van der Waals surface area contributed by atoms with Crippen molar-refractivity contribution in [3.8, 4) is 0 Å². The SMILES string of the molecule is CCCNc1nccc(NC(C)CSC)n1. The van der Waals surface area contributed by atoms with E-state index in [1.807, 2.05) is 17.8 Å². The van der Waals surface area contributed by atoms with Crippen LogP contribution >= 0.6 is 11.8 Å². The van der Waals surface area contributed by atoms with E-state index in [4.69, 9.17) is 0 Å². The molecule has 90 valence electrons. The van der Waals surface area contributed by atoms with Crippen LogP contribution in [0.15, 0.2) is 12.3 Å². The van der Waals surface area contributed by atoms with Crippen LogP contribution < -0.4 is 10.6 Å². The molecule has 1 rings (SSSR count). The van der Waals surface area contributed by atoms with Crippen LogP contribution in [0.2, 0.25) is 0 Å². The molecule has 0 radical (unpaired) electrons. The van der Waals surface area contributed by atoms with Crippen molar-refractivity contribution in [1.29, 1.82) is 0 Å². The maximum Gasteiger partial charge on any atom is 0.224 e. The fourth-order valence-corrected chi connectivity index (χ4v) is 1.89. The quantitative estimate of drug-likeness (QED) is 0.766. The van der Waals surface area contributed by atoms with Crippen molar-refractivity contribution in [2.24, 2.45) is 0 Å². The van der Waals surface area contributed by atoms with Gasteiger partial charge in [0, 0.05) is 24.5 Å². The fourth-order valence-electron chi connectivity index (χ4n) is 1.31. The van der Waals surface area contributed by atoms with Gasteiger partial charge in [0.15, 0.2) is 0 Å². The Morgan fingerprint density at radius 2 is 2.31 bits per heavy atom. The minimum atomic E-state index is 0.420. The first kappa shape index (κ1) is 13.1. The molecule has 1 aromatic heterocycles. The van der Waals surface area contributed by atoms with Crippen LogP contribution in [-0.4, -0.2) is 34.6 Å². The van der Waals surface area contributed by atoms with Gasteiger partial charge in [-0.2, -0.15) is 16.7 Å². The van der Waals surface area contributed by atoms with E-state index in [1.54, 1.807) is 6.20 Å². The molecule has 4 nitrogen and oxygen atoms in total. The van der Waals surface area contributed by atoms with Gasteiger partial charge in [-0.05, 0) is 25.7 Å². The van der Waals surface area contributed by atoms with Crippen LogP contribution in [-0.2, 0) is 0 Å². The van der Waals surface area contributed by atoms with Gasteiger partial charge >= 0.3 is 0 Å². The summed E-state index contributed by atoms with van der Waals surface area (Å²) >= 11 is 1.83. The van der Waals surface area contributed by atoms with Crippen molar-refractivity contribution in [2.75, 3.05) is 29.2 Å². The lowest BCUT2D eigenvalue weighted by atomic mass is 10.4. The van der Waals surface area contributed by atoms with Crippen LogP contribution in [0.4, 0.5) is 11.8 Å². The summed E-state index contributed by atoms with van der Waals surface area (Å²) in [5, 5.41) is 6.52. The molecular weight excluding hydrogens is 220 g/mol. The highest BCUT2D eigenvalue weighted by molar-refractivity contribution is 7.98. The van der Waals surface area contributed by atoms with E-state index in [-0.39, 0.29) is 0 Å². The van der Waals surface area contributed by atoms with E-state index >= 15 is 0 Å². The van der Waals surface area contributed by atoms with Gasteiger partial charge in [-0.15, -0.1) is 0 Å². The average Bonchev–Trinajstić information content (AvgIpc) is 2.27. The topological polar surface area (TPSA) is 49.8 Å². The van der Waals surface area contributed by atoms with Crippen molar-refractivity contribution in [1.82, 2.24) is 9.97 Å². The highest BCUT2D eigenvalue weighted by Crippen LogP contribution is 2.08. The number of anilines is 2. The van der Waals surface area contributed by atoms with Gasteiger partial charge in [0.2, 0.25) is 5.95 Å². The summed E-state index contributed by atoms with van der Waals surface area (Å²) in [6.07, 6.45) is 4.95. The fraction of sp³-hybridized carbons (Fsp3) is 0.636. The molecule has 5 heteroatoms. The van der Waals surface area contributed by atoms with Gasteiger partial charge in [0.25, 0.3) is 0 Å². The zero-order chi connectivity index (χ0) is 11.8. The molecule has 0 aromatic carbocycles. The van der Waals surface area contributed by atoms with Gasteiger partial charge in [0.1, 0.15) is 5.82 Å². The van der Waals surface area contributed by atoms with E-state index in [0.29, 0.717) is 12.0 Å². The van der Waals surface area contributed by atoms with Gasteiger partial charge in [-0.1, -0.05) is 6.92 Å². The van der Waals surface area contributed by atoms with Crippen LogP contribution in [0.25, 0.3) is 0 Å². The lowest BCUT2D eigenvalue weighted by molar-refractivity contribution is 0.895. The zero-order valence-corrected chi connectivity index (χ0v) is 11.0. The first-order valence-electron chi connectivity index (χ1n) is 5.58. The van der Waals surface area contributed by atoms with E-state index < -0.39 is 0 Å². The standard InChI is InChI=1S/C11H20N4S/c1-4-6-12-11-13-7-5-10(15-11)14-9(2)8-16-3/h5,7,9H,4,6,8H2,1-3H3,(H2,12,13,14,15). The molecule has 16 heavy (non-hydrogen) atoms. The Hall–Kier alpha value is -0.970. The number of aromatic nitrogens is 2. The predicted molar refractivity (Wildman–Crippen MR) is 72.3 cm³/mol. The largest absolute Gasteiger partial charge is 0.367 e. The van der Waals surface area contributed by atoms with Gasteiger partial charge in [-0.25, -0.2) is 4.98 Å². The third-order valence-corrected chi connectivity index (χ3v) is 2.83. The first-order valence-corrected chi connectivity index (χ1v) is 6.98. The predicted octanol–water partition coefficient (Wildman–Crippen LogP) is 2.46. The summed E-state index contributed by atoms with van der Waals surface area (Å²) < 4.78 is 0.